The molecule has 1 aromatic rings. The monoisotopic (exact) mass is 307 g/mol. The van der Waals surface area contributed by atoms with Gasteiger partial charge in [-0.25, -0.2) is 4.98 Å². The summed E-state index contributed by atoms with van der Waals surface area (Å²) in [4.78, 5) is 4.20. The van der Waals surface area contributed by atoms with Crippen LogP contribution in [0.4, 0.5) is 0 Å². The van der Waals surface area contributed by atoms with Gasteiger partial charge in [-0.05, 0) is 32.6 Å². The summed E-state index contributed by atoms with van der Waals surface area (Å²) in [6, 6.07) is 3.89. The number of hydrogen-bond donors (Lipinski definition) is 0. The quantitative estimate of drug-likeness (QED) is 0.449. The van der Waals surface area contributed by atoms with Crippen molar-refractivity contribution in [2.24, 2.45) is 0 Å². The molecule has 0 saturated carbocycles. The lowest BCUT2D eigenvalue weighted by atomic mass is 10.3. The molecular formula is C8H6INS2. The van der Waals surface area contributed by atoms with E-state index in [2.05, 4.69) is 37.4 Å². The molecule has 0 fully saturated rings. The van der Waals surface area contributed by atoms with Gasteiger partial charge in [-0.15, -0.1) is 11.8 Å². The summed E-state index contributed by atoms with van der Waals surface area (Å²) in [5.41, 5.74) is 1.01. The lowest BCUT2D eigenvalue weighted by molar-refractivity contribution is 1.12. The second-order valence-corrected chi connectivity index (χ2v) is 4.34. The first-order valence-electron chi connectivity index (χ1n) is 3.16. The molecule has 0 aliphatic heterocycles. The zero-order valence-electron chi connectivity index (χ0n) is 6.37. The summed E-state index contributed by atoms with van der Waals surface area (Å²) in [7, 11) is 1.49. The fourth-order valence-corrected chi connectivity index (χ4v) is 1.71. The number of hydrogen-bond acceptors (Lipinski definition) is 3. The van der Waals surface area contributed by atoms with E-state index in [0.29, 0.717) is 0 Å². The van der Waals surface area contributed by atoms with Crippen LogP contribution in [0.25, 0.3) is 0 Å². The van der Waals surface area contributed by atoms with Crippen molar-refractivity contribution < 1.29 is 0 Å². The molecule has 1 nitrogen and oxygen atoms in total. The fourth-order valence-electron chi connectivity index (χ4n) is 0.723. The summed E-state index contributed by atoms with van der Waals surface area (Å²) in [6.45, 7) is 0. The molecule has 0 aliphatic carbocycles. The maximum Gasteiger partial charge on any atom is 0.111 e. The van der Waals surface area contributed by atoms with Gasteiger partial charge in [-0.3, -0.25) is 0 Å². The normalized spacial score (nSPS) is 8.83. The van der Waals surface area contributed by atoms with Gasteiger partial charge >= 0.3 is 0 Å². The van der Waals surface area contributed by atoms with Gasteiger partial charge < -0.3 is 0 Å². The predicted octanol–water partition coefficient (Wildman–Crippen LogP) is 3.20. The van der Waals surface area contributed by atoms with Gasteiger partial charge in [0.05, 0.1) is 5.56 Å². The molecular weight excluding hydrogens is 301 g/mol. The molecule has 1 rings (SSSR count). The van der Waals surface area contributed by atoms with Gasteiger partial charge in [0.1, 0.15) is 5.03 Å². The second kappa shape index (κ2) is 5.73. The molecule has 0 aromatic carbocycles. The Morgan fingerprint density at radius 2 is 2.42 bits per heavy atom. The summed E-state index contributed by atoms with van der Waals surface area (Å²) in [5.74, 6) is 3.04. The Kier molecular flexibility index (Phi) is 4.88. The third-order valence-electron chi connectivity index (χ3n) is 1.19. The van der Waals surface area contributed by atoms with Gasteiger partial charge in [0.2, 0.25) is 0 Å². The molecule has 0 N–H and O–H groups in total. The van der Waals surface area contributed by atoms with Crippen LogP contribution in [0.2, 0.25) is 0 Å². The van der Waals surface area contributed by atoms with Crippen LogP contribution in [0.15, 0.2) is 23.4 Å². The van der Waals surface area contributed by atoms with E-state index in [1.54, 1.807) is 18.0 Å². The van der Waals surface area contributed by atoms with Crippen LogP contribution in [0.1, 0.15) is 5.56 Å². The Balaban J connectivity index is 2.97. The molecule has 1 heterocycles. The van der Waals surface area contributed by atoms with Crippen LogP contribution >= 0.6 is 41.9 Å². The Bertz CT molecular complexity index is 316. The SMILES string of the molecule is CSc1ncccc1C#CSI. The molecule has 0 saturated heterocycles. The Hall–Kier alpha value is 0.140. The van der Waals surface area contributed by atoms with Crippen molar-refractivity contribution in [2.45, 2.75) is 5.03 Å². The summed E-state index contributed by atoms with van der Waals surface area (Å²) in [5, 5.41) is 3.94. The van der Waals surface area contributed by atoms with Gasteiger partial charge in [0.25, 0.3) is 0 Å². The van der Waals surface area contributed by atoms with E-state index in [1.165, 1.54) is 8.93 Å². The number of nitrogens with zero attached hydrogens (tertiary/aromatic N) is 1. The highest BCUT2D eigenvalue weighted by Crippen LogP contribution is 2.16. The van der Waals surface area contributed by atoms with Crippen molar-refractivity contribution >= 4 is 41.9 Å². The predicted molar refractivity (Wildman–Crippen MR) is 64.5 cm³/mol. The highest BCUT2D eigenvalue weighted by Gasteiger charge is 1.96. The minimum atomic E-state index is 0.996. The standard InChI is InChI=1S/C8H6INS2/c1-11-8-7(4-6-12-9)3-2-5-10-8/h2-3,5H,1H3. The average Bonchev–Trinajstić information content (AvgIpc) is 2.15. The van der Waals surface area contributed by atoms with Gasteiger partial charge in [0.15, 0.2) is 0 Å². The summed E-state index contributed by atoms with van der Waals surface area (Å²) in [6.07, 6.45) is 3.79. The smallest absolute Gasteiger partial charge is 0.111 e. The minimum absolute atomic E-state index is 0.996. The van der Waals surface area contributed by atoms with Gasteiger partial charge in [0, 0.05) is 27.4 Å². The van der Waals surface area contributed by atoms with Crippen molar-refractivity contribution in [3.05, 3.63) is 23.9 Å². The minimum Gasteiger partial charge on any atom is -0.249 e. The summed E-state index contributed by atoms with van der Waals surface area (Å²) >= 11 is 3.77. The van der Waals surface area contributed by atoms with E-state index in [1.807, 2.05) is 18.4 Å². The largest absolute Gasteiger partial charge is 0.249 e. The number of rotatable bonds is 1. The first-order valence-corrected chi connectivity index (χ1v) is 7.74. The number of halogens is 1. The molecule has 0 unspecified atom stereocenters. The van der Waals surface area contributed by atoms with Gasteiger partial charge in [-0.1, -0.05) is 5.92 Å². The van der Waals surface area contributed by atoms with Crippen LogP contribution in [-0.4, -0.2) is 11.2 Å². The highest BCUT2D eigenvalue weighted by molar-refractivity contribution is 14.2. The molecule has 0 amide bonds. The number of aromatic nitrogens is 1. The van der Waals surface area contributed by atoms with Crippen LogP contribution in [0.3, 0.4) is 0 Å². The van der Waals surface area contributed by atoms with Crippen LogP contribution in [0, 0.1) is 11.2 Å². The topological polar surface area (TPSA) is 12.9 Å². The van der Waals surface area contributed by atoms with E-state index in [9.17, 15) is 0 Å². The molecule has 0 bridgehead atoms. The molecule has 0 aliphatic rings. The van der Waals surface area contributed by atoms with E-state index in [0.717, 1.165) is 10.6 Å². The Morgan fingerprint density at radius 3 is 3.08 bits per heavy atom. The maximum atomic E-state index is 4.20. The first kappa shape index (κ1) is 10.2. The lowest BCUT2D eigenvalue weighted by Crippen LogP contribution is -1.83. The van der Waals surface area contributed by atoms with Crippen molar-refractivity contribution in [2.75, 3.05) is 6.26 Å². The Morgan fingerprint density at radius 1 is 1.58 bits per heavy atom. The highest BCUT2D eigenvalue weighted by atomic mass is 127. The Labute approximate surface area is 92.7 Å². The van der Waals surface area contributed by atoms with Gasteiger partial charge in [-0.2, -0.15) is 0 Å². The molecule has 0 radical (unpaired) electrons. The van der Waals surface area contributed by atoms with E-state index >= 15 is 0 Å². The van der Waals surface area contributed by atoms with E-state index in [4.69, 9.17) is 0 Å². The second-order valence-electron chi connectivity index (χ2n) is 1.86. The zero-order valence-corrected chi connectivity index (χ0v) is 10.2. The summed E-state index contributed by atoms with van der Waals surface area (Å²) < 4.78 is 0. The van der Waals surface area contributed by atoms with Crippen LogP contribution < -0.4 is 0 Å². The zero-order chi connectivity index (χ0) is 8.81. The molecule has 1 aromatic heterocycles. The lowest BCUT2D eigenvalue weighted by Gasteiger charge is -1.96. The average molecular weight is 307 g/mol. The molecule has 12 heavy (non-hydrogen) atoms. The number of pyridine rings is 1. The van der Waals surface area contributed by atoms with Crippen molar-refractivity contribution in [1.82, 2.24) is 4.98 Å². The van der Waals surface area contributed by atoms with Crippen molar-refractivity contribution in [3.63, 3.8) is 0 Å². The number of thioether (sulfide) groups is 1. The van der Waals surface area contributed by atoms with Crippen molar-refractivity contribution in [3.8, 4) is 11.2 Å². The third kappa shape index (κ3) is 2.88. The van der Waals surface area contributed by atoms with Crippen LogP contribution in [0.5, 0.6) is 0 Å². The first-order chi connectivity index (χ1) is 5.88. The molecule has 4 heteroatoms. The molecule has 62 valence electrons. The van der Waals surface area contributed by atoms with Crippen LogP contribution in [-0.2, 0) is 0 Å². The molecule has 0 spiro atoms. The maximum absolute atomic E-state index is 4.20. The third-order valence-corrected chi connectivity index (χ3v) is 2.74. The van der Waals surface area contributed by atoms with Crippen molar-refractivity contribution in [1.29, 1.82) is 0 Å². The molecule has 0 atom stereocenters. The van der Waals surface area contributed by atoms with E-state index < -0.39 is 0 Å². The van der Waals surface area contributed by atoms with E-state index in [-0.39, 0.29) is 0 Å². The fraction of sp³-hybridized carbons (Fsp3) is 0.125.